The molecule has 0 aromatic rings. The molecule has 11 heavy (non-hydrogen) atoms. The number of carbonyl (C=O) groups excluding carboxylic acids is 1. The van der Waals surface area contributed by atoms with Gasteiger partial charge in [0, 0.05) is 6.42 Å². The molecule has 0 aromatic heterocycles. The highest BCUT2D eigenvalue weighted by Crippen LogP contribution is 2.10. The third-order valence-corrected chi connectivity index (χ3v) is 1.66. The quantitative estimate of drug-likeness (QED) is 0.454. The van der Waals surface area contributed by atoms with Crippen molar-refractivity contribution in [2.45, 2.75) is 32.0 Å². The van der Waals surface area contributed by atoms with Crippen LogP contribution in [0, 0.1) is 0 Å². The van der Waals surface area contributed by atoms with Crippen molar-refractivity contribution >= 4 is 6.29 Å². The lowest BCUT2D eigenvalue weighted by Gasteiger charge is -2.22. The van der Waals surface area contributed by atoms with E-state index in [2.05, 4.69) is 0 Å². The first kappa shape index (κ1) is 8.68. The fourth-order valence-electron chi connectivity index (χ4n) is 1.07. The molecule has 0 aromatic carbocycles. The zero-order valence-corrected chi connectivity index (χ0v) is 6.62. The van der Waals surface area contributed by atoms with E-state index in [-0.39, 0.29) is 6.29 Å². The summed E-state index contributed by atoms with van der Waals surface area (Å²) in [4.78, 5) is 9.96. The largest absolute Gasteiger partial charge is 0.353 e. The number of rotatable bonds is 4. The van der Waals surface area contributed by atoms with Crippen LogP contribution in [0.1, 0.15) is 25.7 Å². The summed E-state index contributed by atoms with van der Waals surface area (Å²) in [6.07, 6.45) is 4.20. The molecule has 64 valence electrons. The van der Waals surface area contributed by atoms with Crippen LogP contribution in [-0.4, -0.2) is 25.8 Å². The average Bonchev–Trinajstić information content (AvgIpc) is 2.07. The van der Waals surface area contributed by atoms with Crippen LogP contribution in [0.25, 0.3) is 0 Å². The molecule has 0 spiro atoms. The van der Waals surface area contributed by atoms with Crippen LogP contribution in [-0.2, 0) is 14.3 Å². The van der Waals surface area contributed by atoms with Crippen molar-refractivity contribution in [2.75, 3.05) is 13.2 Å². The van der Waals surface area contributed by atoms with Crippen molar-refractivity contribution in [3.05, 3.63) is 0 Å². The Morgan fingerprint density at radius 3 is 2.73 bits per heavy atom. The number of carbonyl (C=O) groups is 1. The fraction of sp³-hybridized carbons (Fsp3) is 0.875. The minimum Gasteiger partial charge on any atom is -0.353 e. The lowest BCUT2D eigenvalue weighted by atomic mass is 10.2. The Labute approximate surface area is 66.7 Å². The monoisotopic (exact) mass is 158 g/mol. The molecule has 1 heterocycles. The van der Waals surface area contributed by atoms with E-state index >= 15 is 0 Å². The number of hydrogen-bond donors (Lipinski definition) is 0. The third kappa shape index (κ3) is 3.49. The van der Waals surface area contributed by atoms with E-state index < -0.39 is 0 Å². The SMILES string of the molecule is O=CCCCC1OCCCO1. The summed E-state index contributed by atoms with van der Waals surface area (Å²) in [6, 6.07) is 0. The first-order valence-electron chi connectivity index (χ1n) is 4.10. The fourth-order valence-corrected chi connectivity index (χ4v) is 1.07. The Balaban J connectivity index is 2.00. The standard InChI is InChI=1S/C8H14O3/c9-5-2-1-4-8-10-6-3-7-11-8/h5,8H,1-4,6-7H2. The molecule has 1 aliphatic rings. The van der Waals surface area contributed by atoms with Crippen molar-refractivity contribution in [3.8, 4) is 0 Å². The topological polar surface area (TPSA) is 35.5 Å². The molecule has 0 saturated carbocycles. The average molecular weight is 158 g/mol. The van der Waals surface area contributed by atoms with E-state index in [1.54, 1.807) is 0 Å². The van der Waals surface area contributed by atoms with Crippen LogP contribution in [0.3, 0.4) is 0 Å². The molecule has 0 bridgehead atoms. The van der Waals surface area contributed by atoms with Crippen molar-refractivity contribution in [1.29, 1.82) is 0 Å². The van der Waals surface area contributed by atoms with Crippen LogP contribution in [0.2, 0.25) is 0 Å². The van der Waals surface area contributed by atoms with Crippen molar-refractivity contribution in [1.82, 2.24) is 0 Å². The van der Waals surface area contributed by atoms with Gasteiger partial charge in [-0.1, -0.05) is 0 Å². The summed E-state index contributed by atoms with van der Waals surface area (Å²) in [7, 11) is 0. The second kappa shape index (κ2) is 5.27. The van der Waals surface area contributed by atoms with Crippen LogP contribution >= 0.6 is 0 Å². The van der Waals surface area contributed by atoms with Crippen LogP contribution in [0.5, 0.6) is 0 Å². The maximum absolute atomic E-state index is 9.96. The molecule has 3 heteroatoms. The van der Waals surface area contributed by atoms with Gasteiger partial charge in [-0.05, 0) is 19.3 Å². The van der Waals surface area contributed by atoms with Crippen LogP contribution in [0.4, 0.5) is 0 Å². The van der Waals surface area contributed by atoms with Gasteiger partial charge in [-0.2, -0.15) is 0 Å². The Morgan fingerprint density at radius 1 is 1.36 bits per heavy atom. The zero-order valence-electron chi connectivity index (χ0n) is 6.62. The van der Waals surface area contributed by atoms with Gasteiger partial charge in [-0.15, -0.1) is 0 Å². The summed E-state index contributed by atoms with van der Waals surface area (Å²) in [5.74, 6) is 0. The predicted molar refractivity (Wildman–Crippen MR) is 40.2 cm³/mol. The number of ether oxygens (including phenoxy) is 2. The highest BCUT2D eigenvalue weighted by atomic mass is 16.7. The molecule has 0 aliphatic carbocycles. The van der Waals surface area contributed by atoms with E-state index in [1.165, 1.54) is 0 Å². The first-order valence-corrected chi connectivity index (χ1v) is 4.10. The third-order valence-electron chi connectivity index (χ3n) is 1.66. The summed E-state index contributed by atoms with van der Waals surface area (Å²) < 4.78 is 10.6. The highest BCUT2D eigenvalue weighted by molar-refractivity contribution is 5.48. The van der Waals surface area contributed by atoms with Crippen molar-refractivity contribution < 1.29 is 14.3 Å². The molecule has 0 amide bonds. The Bertz CT molecular complexity index is 108. The second-order valence-corrected chi connectivity index (χ2v) is 2.62. The molecule has 1 fully saturated rings. The minimum atomic E-state index is -0.0521. The van der Waals surface area contributed by atoms with Gasteiger partial charge in [-0.3, -0.25) is 0 Å². The van der Waals surface area contributed by atoms with E-state index in [4.69, 9.17) is 9.47 Å². The van der Waals surface area contributed by atoms with Gasteiger partial charge in [0.15, 0.2) is 6.29 Å². The molecule has 1 aliphatic heterocycles. The Morgan fingerprint density at radius 2 is 2.09 bits per heavy atom. The Kier molecular flexibility index (Phi) is 4.16. The van der Waals surface area contributed by atoms with Crippen LogP contribution in [0.15, 0.2) is 0 Å². The molecule has 1 rings (SSSR count). The van der Waals surface area contributed by atoms with E-state index in [0.717, 1.165) is 38.8 Å². The van der Waals surface area contributed by atoms with Gasteiger partial charge in [0.25, 0.3) is 0 Å². The molecule has 0 unspecified atom stereocenters. The second-order valence-electron chi connectivity index (χ2n) is 2.62. The van der Waals surface area contributed by atoms with E-state index in [9.17, 15) is 4.79 Å². The van der Waals surface area contributed by atoms with E-state index in [1.807, 2.05) is 0 Å². The number of unbranched alkanes of at least 4 members (excludes halogenated alkanes) is 1. The van der Waals surface area contributed by atoms with Crippen LogP contribution < -0.4 is 0 Å². The maximum Gasteiger partial charge on any atom is 0.157 e. The van der Waals surface area contributed by atoms with Gasteiger partial charge in [0.05, 0.1) is 13.2 Å². The van der Waals surface area contributed by atoms with Crippen molar-refractivity contribution in [3.63, 3.8) is 0 Å². The van der Waals surface area contributed by atoms with Gasteiger partial charge in [-0.25, -0.2) is 0 Å². The van der Waals surface area contributed by atoms with Gasteiger partial charge in [0.1, 0.15) is 6.29 Å². The molecule has 1 saturated heterocycles. The number of aldehydes is 1. The zero-order chi connectivity index (χ0) is 7.94. The summed E-state index contributed by atoms with van der Waals surface area (Å²) >= 11 is 0. The molecular formula is C8H14O3. The molecule has 0 atom stereocenters. The maximum atomic E-state index is 9.96. The summed E-state index contributed by atoms with van der Waals surface area (Å²) in [6.45, 7) is 1.59. The highest BCUT2D eigenvalue weighted by Gasteiger charge is 2.12. The normalized spacial score (nSPS) is 20.0. The predicted octanol–water partition coefficient (Wildman–Crippen LogP) is 1.12. The number of hydrogen-bond acceptors (Lipinski definition) is 3. The summed E-state index contributed by atoms with van der Waals surface area (Å²) in [5.41, 5.74) is 0. The van der Waals surface area contributed by atoms with Gasteiger partial charge in [0.2, 0.25) is 0 Å². The molecule has 0 radical (unpaired) electrons. The first-order chi connectivity index (χ1) is 5.43. The lowest BCUT2D eigenvalue weighted by molar-refractivity contribution is -0.181. The minimum absolute atomic E-state index is 0.0521. The molecular weight excluding hydrogens is 144 g/mol. The smallest absolute Gasteiger partial charge is 0.157 e. The van der Waals surface area contributed by atoms with Crippen molar-refractivity contribution in [2.24, 2.45) is 0 Å². The van der Waals surface area contributed by atoms with Gasteiger partial charge >= 0.3 is 0 Å². The lowest BCUT2D eigenvalue weighted by Crippen LogP contribution is -2.24. The molecule has 3 nitrogen and oxygen atoms in total. The molecule has 0 N–H and O–H groups in total. The summed E-state index contributed by atoms with van der Waals surface area (Å²) in [5, 5.41) is 0. The Hall–Kier alpha value is -0.410. The van der Waals surface area contributed by atoms with E-state index in [0.29, 0.717) is 6.42 Å². The van der Waals surface area contributed by atoms with Gasteiger partial charge < -0.3 is 14.3 Å².